The monoisotopic (exact) mass is 398 g/mol. The van der Waals surface area contributed by atoms with E-state index in [0.717, 1.165) is 12.1 Å². The van der Waals surface area contributed by atoms with Crippen LogP contribution in [0.1, 0.15) is 121 Å². The average Bonchev–Trinajstić information content (AvgIpc) is 3.09. The summed E-state index contributed by atoms with van der Waals surface area (Å²) in [5, 5.41) is 0. The van der Waals surface area contributed by atoms with Crippen molar-refractivity contribution in [1.82, 2.24) is 9.55 Å². The number of hydrogen-bond acceptors (Lipinski definition) is 1. The molecule has 0 amide bonds. The van der Waals surface area contributed by atoms with Gasteiger partial charge in [-0.15, -0.1) is 0 Å². The van der Waals surface area contributed by atoms with Crippen molar-refractivity contribution in [1.29, 1.82) is 0 Å². The van der Waals surface area contributed by atoms with Crippen molar-refractivity contribution in [2.45, 2.75) is 130 Å². The molecule has 2 rings (SSSR count). The lowest BCUT2D eigenvalue weighted by Gasteiger charge is -2.06. The van der Waals surface area contributed by atoms with Gasteiger partial charge in [-0.3, -0.25) is 0 Å². The van der Waals surface area contributed by atoms with Crippen molar-refractivity contribution in [2.24, 2.45) is 0 Å². The van der Waals surface area contributed by atoms with E-state index in [1.165, 1.54) is 119 Å². The number of unbranched alkanes of at least 4 members (excludes halogenated alkanes) is 15. The van der Waals surface area contributed by atoms with Crippen LogP contribution in [-0.2, 0) is 6.54 Å². The summed E-state index contributed by atoms with van der Waals surface area (Å²) in [6, 6.07) is 4.51. The van der Waals surface area contributed by atoms with Crippen LogP contribution in [0.3, 0.4) is 0 Å². The molecular formula is C27H46N2. The Morgan fingerprint density at radius 2 is 1.07 bits per heavy atom. The van der Waals surface area contributed by atoms with E-state index in [4.69, 9.17) is 0 Å². The first-order valence-corrected chi connectivity index (χ1v) is 12.6. The van der Waals surface area contributed by atoms with E-state index in [-0.39, 0.29) is 0 Å². The minimum Gasteiger partial charge on any atom is -0.331 e. The quantitative estimate of drug-likeness (QED) is 0.243. The van der Waals surface area contributed by atoms with Crippen LogP contribution in [0.25, 0.3) is 11.0 Å². The predicted molar refractivity (Wildman–Crippen MR) is 129 cm³/mol. The van der Waals surface area contributed by atoms with Gasteiger partial charge in [-0.1, -0.05) is 103 Å². The van der Waals surface area contributed by atoms with Crippen LogP contribution in [0, 0.1) is 13.8 Å². The fourth-order valence-electron chi connectivity index (χ4n) is 4.32. The summed E-state index contributed by atoms with van der Waals surface area (Å²) in [4.78, 5) is 4.58. The number of imidazole rings is 1. The van der Waals surface area contributed by atoms with Gasteiger partial charge in [0.25, 0.3) is 0 Å². The number of fused-ring (bicyclic) bond motifs is 1. The third kappa shape index (κ3) is 9.36. The van der Waals surface area contributed by atoms with Crippen molar-refractivity contribution >= 4 is 11.0 Å². The smallest absolute Gasteiger partial charge is 0.0958 e. The maximum atomic E-state index is 4.58. The molecule has 0 aliphatic heterocycles. The van der Waals surface area contributed by atoms with Crippen molar-refractivity contribution in [2.75, 3.05) is 0 Å². The molecule has 1 aromatic heterocycles. The Balaban J connectivity index is 1.40. The first-order valence-electron chi connectivity index (χ1n) is 12.6. The summed E-state index contributed by atoms with van der Waals surface area (Å²) in [6.07, 6.45) is 24.8. The van der Waals surface area contributed by atoms with E-state index in [1.54, 1.807) is 0 Å². The maximum Gasteiger partial charge on any atom is 0.0958 e. The van der Waals surface area contributed by atoms with Gasteiger partial charge < -0.3 is 4.57 Å². The van der Waals surface area contributed by atoms with Crippen molar-refractivity contribution in [3.8, 4) is 0 Å². The summed E-state index contributed by atoms with van der Waals surface area (Å²) >= 11 is 0. The summed E-state index contributed by atoms with van der Waals surface area (Å²) in [5.74, 6) is 0. The Kier molecular flexibility index (Phi) is 12.1. The SMILES string of the molecule is CCCCCCCCCCCCCCCCCCn1cnc2cc(C)c(C)cc21. The third-order valence-corrected chi connectivity index (χ3v) is 6.49. The largest absolute Gasteiger partial charge is 0.331 e. The highest BCUT2D eigenvalue weighted by Gasteiger charge is 2.04. The minimum atomic E-state index is 1.11. The number of nitrogens with zero attached hydrogens (tertiary/aromatic N) is 2. The van der Waals surface area contributed by atoms with Gasteiger partial charge in [0.05, 0.1) is 17.4 Å². The number of rotatable bonds is 17. The van der Waals surface area contributed by atoms with Crippen LogP contribution >= 0.6 is 0 Å². The highest BCUT2D eigenvalue weighted by Crippen LogP contribution is 2.19. The maximum absolute atomic E-state index is 4.58. The lowest BCUT2D eigenvalue weighted by molar-refractivity contribution is 0.522. The molecule has 2 aromatic rings. The van der Waals surface area contributed by atoms with Crippen molar-refractivity contribution < 1.29 is 0 Å². The fourth-order valence-corrected chi connectivity index (χ4v) is 4.32. The molecule has 2 heteroatoms. The summed E-state index contributed by atoms with van der Waals surface area (Å²) in [6.45, 7) is 7.77. The lowest BCUT2D eigenvalue weighted by atomic mass is 10.0. The Labute approximate surface area is 180 Å². The molecule has 2 nitrogen and oxygen atoms in total. The molecular weight excluding hydrogens is 352 g/mol. The second kappa shape index (κ2) is 14.6. The van der Waals surface area contributed by atoms with Crippen LogP contribution in [0.15, 0.2) is 18.5 Å². The van der Waals surface area contributed by atoms with Crippen LogP contribution in [-0.4, -0.2) is 9.55 Å². The molecule has 0 atom stereocenters. The molecule has 0 spiro atoms. The van der Waals surface area contributed by atoms with Gasteiger partial charge in [-0.05, 0) is 43.5 Å². The molecule has 1 aromatic carbocycles. The minimum absolute atomic E-state index is 1.11. The van der Waals surface area contributed by atoms with Gasteiger partial charge in [-0.25, -0.2) is 4.98 Å². The standard InChI is InChI=1S/C27H46N2/c1-4-5-6-7-8-9-10-11-12-13-14-15-16-17-18-19-20-29-23-28-26-21-24(2)25(3)22-27(26)29/h21-23H,4-20H2,1-3H3. The fraction of sp³-hybridized carbons (Fsp3) is 0.741. The molecule has 0 saturated carbocycles. The van der Waals surface area contributed by atoms with Crippen LogP contribution in [0.4, 0.5) is 0 Å². The molecule has 0 unspecified atom stereocenters. The first kappa shape index (κ1) is 24.0. The summed E-state index contributed by atoms with van der Waals surface area (Å²) < 4.78 is 2.34. The summed E-state index contributed by atoms with van der Waals surface area (Å²) in [7, 11) is 0. The molecule has 0 aliphatic rings. The average molecular weight is 399 g/mol. The lowest BCUT2D eigenvalue weighted by Crippen LogP contribution is -1.96. The third-order valence-electron chi connectivity index (χ3n) is 6.49. The van der Waals surface area contributed by atoms with E-state index in [1.807, 2.05) is 6.33 Å². The van der Waals surface area contributed by atoms with Gasteiger partial charge in [0.2, 0.25) is 0 Å². The number of aromatic nitrogens is 2. The Morgan fingerprint density at radius 1 is 0.621 bits per heavy atom. The zero-order valence-electron chi connectivity index (χ0n) is 19.6. The second-order valence-corrected chi connectivity index (χ2v) is 9.17. The zero-order valence-corrected chi connectivity index (χ0v) is 19.6. The Bertz CT molecular complexity index is 670. The van der Waals surface area contributed by atoms with E-state index in [0.29, 0.717) is 0 Å². The highest BCUT2D eigenvalue weighted by atomic mass is 15.0. The normalized spacial score (nSPS) is 11.6. The molecule has 0 bridgehead atoms. The molecule has 0 N–H and O–H groups in total. The van der Waals surface area contributed by atoms with Gasteiger partial charge in [0.1, 0.15) is 0 Å². The Morgan fingerprint density at radius 3 is 1.59 bits per heavy atom. The first-order chi connectivity index (χ1) is 14.2. The topological polar surface area (TPSA) is 17.8 Å². The predicted octanol–water partition coefficient (Wildman–Crippen LogP) is 8.91. The van der Waals surface area contributed by atoms with E-state index in [2.05, 4.69) is 42.5 Å². The molecule has 29 heavy (non-hydrogen) atoms. The molecule has 0 aliphatic carbocycles. The molecule has 1 heterocycles. The number of aryl methyl sites for hydroxylation is 3. The van der Waals surface area contributed by atoms with Gasteiger partial charge >= 0.3 is 0 Å². The molecule has 0 fully saturated rings. The number of benzene rings is 1. The van der Waals surface area contributed by atoms with Crippen LogP contribution in [0.5, 0.6) is 0 Å². The van der Waals surface area contributed by atoms with Gasteiger partial charge in [0, 0.05) is 6.54 Å². The van der Waals surface area contributed by atoms with E-state index >= 15 is 0 Å². The highest BCUT2D eigenvalue weighted by molar-refractivity contribution is 5.77. The van der Waals surface area contributed by atoms with Crippen LogP contribution < -0.4 is 0 Å². The van der Waals surface area contributed by atoms with Gasteiger partial charge in [0.15, 0.2) is 0 Å². The van der Waals surface area contributed by atoms with E-state index < -0.39 is 0 Å². The summed E-state index contributed by atoms with van der Waals surface area (Å²) in [5.41, 5.74) is 5.15. The Hall–Kier alpha value is -1.31. The molecule has 164 valence electrons. The second-order valence-electron chi connectivity index (χ2n) is 9.17. The van der Waals surface area contributed by atoms with Crippen molar-refractivity contribution in [3.63, 3.8) is 0 Å². The van der Waals surface area contributed by atoms with Crippen molar-refractivity contribution in [3.05, 3.63) is 29.6 Å². The molecule has 0 saturated heterocycles. The zero-order chi connectivity index (χ0) is 20.7. The molecule has 0 radical (unpaired) electrons. The number of hydrogen-bond donors (Lipinski definition) is 0. The van der Waals surface area contributed by atoms with Gasteiger partial charge in [-0.2, -0.15) is 0 Å². The van der Waals surface area contributed by atoms with E-state index in [9.17, 15) is 0 Å². The van der Waals surface area contributed by atoms with Crippen LogP contribution in [0.2, 0.25) is 0 Å².